The van der Waals surface area contributed by atoms with E-state index in [1.54, 1.807) is 0 Å². The maximum atomic E-state index is 11.2. The molecule has 0 fully saturated rings. The first-order valence-electron chi connectivity index (χ1n) is 5.10. The number of carbonyl (C=O) groups excluding carboxylic acids is 2. The first-order valence-corrected chi connectivity index (χ1v) is 5.10. The molecule has 0 aliphatic carbocycles. The minimum atomic E-state index is -1.62. The number of nitrogens with one attached hydrogen (secondary N) is 2. The molecule has 16 heavy (non-hydrogen) atoms. The summed E-state index contributed by atoms with van der Waals surface area (Å²) >= 11 is 0. The van der Waals surface area contributed by atoms with E-state index >= 15 is 0 Å². The van der Waals surface area contributed by atoms with E-state index in [1.807, 2.05) is 13.8 Å². The van der Waals surface area contributed by atoms with Crippen LogP contribution in [0, 0.1) is 0 Å². The second-order valence-electron chi connectivity index (χ2n) is 4.09. The van der Waals surface area contributed by atoms with Crippen LogP contribution < -0.4 is 10.6 Å². The van der Waals surface area contributed by atoms with Crippen molar-refractivity contribution in [3.63, 3.8) is 0 Å². The lowest BCUT2D eigenvalue weighted by atomic mass is 10.1. The van der Waals surface area contributed by atoms with E-state index in [-0.39, 0.29) is 25.0 Å². The highest BCUT2D eigenvalue weighted by atomic mass is 16.5. The molecule has 0 saturated carbocycles. The molecule has 0 aromatic rings. The van der Waals surface area contributed by atoms with E-state index in [2.05, 4.69) is 15.4 Å². The summed E-state index contributed by atoms with van der Waals surface area (Å²) in [6.45, 7) is 5.04. The zero-order chi connectivity index (χ0) is 12.8. The Morgan fingerprint density at radius 1 is 1.44 bits per heavy atom. The Bertz CT molecular complexity index is 251. The van der Waals surface area contributed by atoms with Crippen LogP contribution in [0.3, 0.4) is 0 Å². The van der Waals surface area contributed by atoms with Crippen molar-refractivity contribution >= 4 is 11.9 Å². The van der Waals surface area contributed by atoms with Gasteiger partial charge in [0.25, 0.3) is 0 Å². The van der Waals surface area contributed by atoms with Crippen molar-refractivity contribution in [3.8, 4) is 0 Å². The number of hydrogen-bond acceptors (Lipinski definition) is 5. The molecule has 1 amide bonds. The Balaban J connectivity index is 3.89. The molecule has 1 atom stereocenters. The predicted molar refractivity (Wildman–Crippen MR) is 58.8 cm³/mol. The van der Waals surface area contributed by atoms with Gasteiger partial charge < -0.3 is 20.5 Å². The molecule has 0 radical (unpaired) electrons. The molecule has 6 heteroatoms. The number of aliphatic hydroxyl groups is 1. The summed E-state index contributed by atoms with van der Waals surface area (Å²) in [6, 6.07) is 0.0652. The Morgan fingerprint density at radius 2 is 2.00 bits per heavy atom. The molecule has 0 bridgehead atoms. The molecule has 0 saturated heterocycles. The van der Waals surface area contributed by atoms with Crippen LogP contribution in [0.5, 0.6) is 0 Å². The van der Waals surface area contributed by atoms with E-state index < -0.39 is 11.6 Å². The van der Waals surface area contributed by atoms with Crippen LogP contribution in [-0.2, 0) is 14.3 Å². The summed E-state index contributed by atoms with van der Waals surface area (Å²) in [5, 5.41) is 15.0. The summed E-state index contributed by atoms with van der Waals surface area (Å²) in [4.78, 5) is 22.3. The molecule has 0 rings (SSSR count). The van der Waals surface area contributed by atoms with E-state index in [1.165, 1.54) is 14.0 Å². The lowest BCUT2D eigenvalue weighted by molar-refractivity contribution is -0.160. The first-order chi connectivity index (χ1) is 7.29. The molecule has 3 N–H and O–H groups in total. The molecule has 0 aromatic heterocycles. The molecule has 0 heterocycles. The van der Waals surface area contributed by atoms with Crippen molar-refractivity contribution in [2.24, 2.45) is 0 Å². The Kier molecular flexibility index (Phi) is 5.98. The number of ether oxygens (including phenoxy) is 1. The fourth-order valence-corrected chi connectivity index (χ4v) is 1.08. The average molecular weight is 232 g/mol. The third-order valence-electron chi connectivity index (χ3n) is 1.83. The van der Waals surface area contributed by atoms with Crippen LogP contribution in [-0.4, -0.2) is 48.8 Å². The van der Waals surface area contributed by atoms with Gasteiger partial charge in [0.15, 0.2) is 5.60 Å². The monoisotopic (exact) mass is 232 g/mol. The van der Waals surface area contributed by atoms with Gasteiger partial charge in [-0.3, -0.25) is 4.79 Å². The van der Waals surface area contributed by atoms with Gasteiger partial charge in [0, 0.05) is 12.6 Å². The van der Waals surface area contributed by atoms with Gasteiger partial charge in [-0.1, -0.05) is 0 Å². The zero-order valence-corrected chi connectivity index (χ0v) is 10.2. The average Bonchev–Trinajstić information content (AvgIpc) is 2.14. The fraction of sp³-hybridized carbons (Fsp3) is 0.800. The lowest BCUT2D eigenvalue weighted by Crippen LogP contribution is -2.48. The van der Waals surface area contributed by atoms with Crippen LogP contribution in [0.15, 0.2) is 0 Å². The molecule has 0 spiro atoms. The summed E-state index contributed by atoms with van der Waals surface area (Å²) in [5.74, 6) is -0.917. The van der Waals surface area contributed by atoms with Crippen molar-refractivity contribution in [1.82, 2.24) is 10.6 Å². The molecular weight excluding hydrogens is 212 g/mol. The Hall–Kier alpha value is -1.14. The molecule has 0 aliphatic rings. The Morgan fingerprint density at radius 3 is 2.44 bits per heavy atom. The first kappa shape index (κ1) is 14.9. The fourth-order valence-electron chi connectivity index (χ4n) is 1.08. The maximum absolute atomic E-state index is 11.2. The van der Waals surface area contributed by atoms with Gasteiger partial charge in [-0.25, -0.2) is 4.79 Å². The van der Waals surface area contributed by atoms with Crippen LogP contribution in [0.1, 0.15) is 20.8 Å². The minimum Gasteiger partial charge on any atom is -0.467 e. The topological polar surface area (TPSA) is 87.7 Å². The van der Waals surface area contributed by atoms with E-state index in [4.69, 9.17) is 0 Å². The number of amides is 1. The summed E-state index contributed by atoms with van der Waals surface area (Å²) in [6.07, 6.45) is 0. The number of hydrogen-bond donors (Lipinski definition) is 3. The van der Waals surface area contributed by atoms with Gasteiger partial charge in [0.2, 0.25) is 5.91 Å². The lowest BCUT2D eigenvalue weighted by Gasteiger charge is -2.20. The highest BCUT2D eigenvalue weighted by Gasteiger charge is 2.30. The van der Waals surface area contributed by atoms with Crippen molar-refractivity contribution in [2.75, 3.05) is 20.2 Å². The normalized spacial score (nSPS) is 14.4. The quantitative estimate of drug-likeness (QED) is 0.513. The number of carbonyl (C=O) groups is 2. The van der Waals surface area contributed by atoms with Crippen molar-refractivity contribution < 1.29 is 19.4 Å². The molecule has 1 unspecified atom stereocenters. The summed E-state index contributed by atoms with van der Waals surface area (Å²) < 4.78 is 4.41. The van der Waals surface area contributed by atoms with Crippen molar-refractivity contribution in [1.29, 1.82) is 0 Å². The van der Waals surface area contributed by atoms with Crippen molar-refractivity contribution in [3.05, 3.63) is 0 Å². The number of esters is 1. The largest absolute Gasteiger partial charge is 0.467 e. The molecular formula is C10H20N2O4. The molecule has 94 valence electrons. The van der Waals surface area contributed by atoms with Crippen LogP contribution in [0.2, 0.25) is 0 Å². The summed E-state index contributed by atoms with van der Waals surface area (Å²) in [7, 11) is 1.20. The molecule has 0 aliphatic heterocycles. The Labute approximate surface area is 95.4 Å². The van der Waals surface area contributed by atoms with E-state index in [0.717, 1.165) is 0 Å². The highest BCUT2D eigenvalue weighted by Crippen LogP contribution is 2.03. The van der Waals surface area contributed by atoms with Crippen molar-refractivity contribution in [2.45, 2.75) is 32.4 Å². The van der Waals surface area contributed by atoms with Gasteiger partial charge >= 0.3 is 5.97 Å². The molecule has 0 aromatic carbocycles. The minimum absolute atomic E-state index is 0.0365. The van der Waals surface area contributed by atoms with Crippen LogP contribution >= 0.6 is 0 Å². The predicted octanol–water partition coefficient (Wildman–Crippen LogP) is -0.975. The van der Waals surface area contributed by atoms with Gasteiger partial charge in [-0.15, -0.1) is 0 Å². The van der Waals surface area contributed by atoms with Gasteiger partial charge in [-0.05, 0) is 20.8 Å². The van der Waals surface area contributed by atoms with Crippen LogP contribution in [0.4, 0.5) is 0 Å². The third-order valence-corrected chi connectivity index (χ3v) is 1.83. The van der Waals surface area contributed by atoms with Gasteiger partial charge in [0.1, 0.15) is 0 Å². The molecule has 6 nitrogen and oxygen atoms in total. The van der Waals surface area contributed by atoms with Gasteiger partial charge in [0.05, 0.1) is 13.7 Å². The third kappa shape index (κ3) is 5.67. The smallest absolute Gasteiger partial charge is 0.338 e. The van der Waals surface area contributed by atoms with E-state index in [9.17, 15) is 14.7 Å². The number of rotatable bonds is 6. The number of methoxy groups -OCH3 is 1. The second kappa shape index (κ2) is 6.44. The van der Waals surface area contributed by atoms with Gasteiger partial charge in [-0.2, -0.15) is 0 Å². The SMILES string of the molecule is COC(=O)C(C)(O)CNCC(=O)NC(C)C. The maximum Gasteiger partial charge on any atom is 0.338 e. The standard InChI is InChI=1S/C10H20N2O4/c1-7(2)12-8(13)5-11-6-10(3,15)9(14)16-4/h7,11,15H,5-6H2,1-4H3,(H,12,13). The summed E-state index contributed by atoms with van der Waals surface area (Å²) in [5.41, 5.74) is -1.62. The van der Waals surface area contributed by atoms with Crippen LogP contribution in [0.25, 0.3) is 0 Å². The zero-order valence-electron chi connectivity index (χ0n) is 10.2. The second-order valence-corrected chi connectivity index (χ2v) is 4.09. The highest BCUT2D eigenvalue weighted by molar-refractivity contribution is 5.80. The van der Waals surface area contributed by atoms with E-state index in [0.29, 0.717) is 0 Å².